The highest BCUT2D eigenvalue weighted by atomic mass is 16.5. The molecule has 0 aliphatic rings. The zero-order chi connectivity index (χ0) is 14.6. The number of ether oxygens (including phenoxy) is 2. The van der Waals surface area contributed by atoms with Crippen LogP contribution >= 0.6 is 0 Å². The monoisotopic (exact) mass is 260 g/mol. The van der Waals surface area contributed by atoms with Crippen LogP contribution in [0.5, 0.6) is 0 Å². The van der Waals surface area contributed by atoms with Gasteiger partial charge in [-0.25, -0.2) is 0 Å². The predicted molar refractivity (Wildman–Crippen MR) is 65.7 cm³/mol. The first-order valence-corrected chi connectivity index (χ1v) is 5.36. The van der Waals surface area contributed by atoms with Crippen molar-refractivity contribution in [2.45, 2.75) is 33.1 Å². The zero-order valence-corrected chi connectivity index (χ0v) is 10.8. The largest absolute Gasteiger partial charge is 0.483 e. The molecule has 6 heteroatoms. The van der Waals surface area contributed by atoms with Gasteiger partial charge in [0.25, 0.3) is 12.9 Å². The van der Waals surface area contributed by atoms with Crippen LogP contribution < -0.4 is 0 Å². The van der Waals surface area contributed by atoms with Crippen LogP contribution in [-0.4, -0.2) is 37.2 Å². The van der Waals surface area contributed by atoms with Crippen molar-refractivity contribution < 1.29 is 29.0 Å². The molecule has 0 unspecified atom stereocenters. The molecule has 0 saturated carbocycles. The third-order valence-corrected chi connectivity index (χ3v) is 1.29. The van der Waals surface area contributed by atoms with Crippen molar-refractivity contribution in [1.29, 1.82) is 0 Å². The molecule has 0 saturated heterocycles. The maximum Gasteiger partial charge on any atom is 0.306 e. The summed E-state index contributed by atoms with van der Waals surface area (Å²) in [6, 6.07) is 0. The van der Waals surface area contributed by atoms with Crippen LogP contribution in [0.3, 0.4) is 0 Å². The van der Waals surface area contributed by atoms with Crippen molar-refractivity contribution in [3.05, 3.63) is 0 Å². The molecule has 0 amide bonds. The standard InChI is InChI=1S/C6H8O2.C5H10O2.CH2O2/c1-3-5-8-6(7)4-2;1-2-3-4-7-5-6;2-1-3/h1H,4-5H2,2H3;5H,2-4H2,1H3;1H,(H,2,3). The molecule has 0 bridgehead atoms. The van der Waals surface area contributed by atoms with Crippen LogP contribution in [0.2, 0.25) is 0 Å². The maximum absolute atomic E-state index is 10.3. The molecule has 0 heterocycles. The molecule has 0 atom stereocenters. The van der Waals surface area contributed by atoms with Crippen molar-refractivity contribution in [3.8, 4) is 12.3 Å². The highest BCUT2D eigenvalue weighted by molar-refractivity contribution is 5.68. The first-order valence-electron chi connectivity index (χ1n) is 5.36. The number of carbonyl (C=O) groups excluding carboxylic acids is 2. The quantitative estimate of drug-likeness (QED) is 0.334. The molecule has 0 aliphatic carbocycles. The first kappa shape index (κ1) is 21.3. The van der Waals surface area contributed by atoms with E-state index in [1.54, 1.807) is 6.92 Å². The van der Waals surface area contributed by atoms with Gasteiger partial charge in [-0.2, -0.15) is 0 Å². The summed E-state index contributed by atoms with van der Waals surface area (Å²) in [6.45, 7) is 4.66. The van der Waals surface area contributed by atoms with E-state index in [1.807, 2.05) is 6.92 Å². The van der Waals surface area contributed by atoms with Crippen molar-refractivity contribution >= 4 is 18.9 Å². The highest BCUT2D eigenvalue weighted by Crippen LogP contribution is 1.83. The van der Waals surface area contributed by atoms with Gasteiger partial charge in [0.15, 0.2) is 6.61 Å². The Hall–Kier alpha value is -2.03. The van der Waals surface area contributed by atoms with Crippen molar-refractivity contribution in [2.75, 3.05) is 13.2 Å². The number of hydrogen-bond donors (Lipinski definition) is 1. The summed E-state index contributed by atoms with van der Waals surface area (Å²) in [5.41, 5.74) is 0. The zero-order valence-electron chi connectivity index (χ0n) is 10.8. The molecule has 0 rings (SSSR count). The summed E-state index contributed by atoms with van der Waals surface area (Å²) in [5, 5.41) is 6.89. The highest BCUT2D eigenvalue weighted by Gasteiger charge is 1.92. The molecule has 0 aromatic rings. The Bertz CT molecular complexity index is 231. The number of rotatable bonds is 6. The second-order valence-corrected chi connectivity index (χ2v) is 2.64. The Balaban J connectivity index is -0.000000207. The van der Waals surface area contributed by atoms with Gasteiger partial charge >= 0.3 is 5.97 Å². The third-order valence-electron chi connectivity index (χ3n) is 1.29. The fourth-order valence-corrected chi connectivity index (χ4v) is 0.500. The maximum atomic E-state index is 10.3. The van der Waals surface area contributed by atoms with Gasteiger partial charge in [-0.05, 0) is 6.42 Å². The molecule has 0 aromatic heterocycles. The summed E-state index contributed by atoms with van der Waals surface area (Å²) < 4.78 is 8.86. The summed E-state index contributed by atoms with van der Waals surface area (Å²) in [4.78, 5) is 28.1. The number of carbonyl (C=O) groups is 3. The topological polar surface area (TPSA) is 89.9 Å². The average Bonchev–Trinajstić information content (AvgIpc) is 2.38. The van der Waals surface area contributed by atoms with Gasteiger partial charge < -0.3 is 14.6 Å². The van der Waals surface area contributed by atoms with E-state index in [-0.39, 0.29) is 19.0 Å². The Morgan fingerprint density at radius 3 is 2.28 bits per heavy atom. The summed E-state index contributed by atoms with van der Waals surface area (Å²) in [7, 11) is 0. The number of carboxylic acid groups (broad SMARTS) is 1. The van der Waals surface area contributed by atoms with Gasteiger partial charge in [-0.15, -0.1) is 6.42 Å². The smallest absolute Gasteiger partial charge is 0.306 e. The van der Waals surface area contributed by atoms with Crippen LogP contribution in [0.15, 0.2) is 0 Å². The van der Waals surface area contributed by atoms with Crippen LogP contribution in [-0.2, 0) is 23.9 Å². The Labute approximate surface area is 107 Å². The number of esters is 1. The number of terminal acetylenes is 1. The summed E-state index contributed by atoms with van der Waals surface area (Å²) >= 11 is 0. The van der Waals surface area contributed by atoms with Gasteiger partial charge in [0.2, 0.25) is 0 Å². The van der Waals surface area contributed by atoms with Crippen molar-refractivity contribution in [2.24, 2.45) is 0 Å². The van der Waals surface area contributed by atoms with Crippen LogP contribution in [0.4, 0.5) is 0 Å². The summed E-state index contributed by atoms with van der Waals surface area (Å²) in [6.07, 6.45) is 7.24. The molecule has 0 radical (unpaired) electrons. The minimum Gasteiger partial charge on any atom is -0.483 e. The third kappa shape index (κ3) is 37.0. The van der Waals surface area contributed by atoms with Gasteiger partial charge in [-0.1, -0.05) is 26.2 Å². The molecular formula is C12H20O6. The van der Waals surface area contributed by atoms with E-state index in [2.05, 4.69) is 15.4 Å². The minimum atomic E-state index is -0.250. The SMILES string of the molecule is C#CCOC(=O)CC.CCCCOC=O.O=CO. The van der Waals surface area contributed by atoms with E-state index < -0.39 is 0 Å². The van der Waals surface area contributed by atoms with Gasteiger partial charge in [0.05, 0.1) is 6.61 Å². The second kappa shape index (κ2) is 24.3. The lowest BCUT2D eigenvalue weighted by Crippen LogP contribution is -2.01. The van der Waals surface area contributed by atoms with E-state index in [0.717, 1.165) is 12.8 Å². The minimum absolute atomic E-state index is 0.0900. The lowest BCUT2D eigenvalue weighted by molar-refractivity contribution is -0.141. The fourth-order valence-electron chi connectivity index (χ4n) is 0.500. The fraction of sp³-hybridized carbons (Fsp3) is 0.583. The van der Waals surface area contributed by atoms with E-state index in [1.165, 1.54) is 0 Å². The lowest BCUT2D eigenvalue weighted by atomic mass is 10.4. The number of hydrogen-bond acceptors (Lipinski definition) is 5. The van der Waals surface area contributed by atoms with E-state index >= 15 is 0 Å². The molecule has 0 aliphatic heterocycles. The van der Waals surface area contributed by atoms with Crippen LogP contribution in [0, 0.1) is 12.3 Å². The van der Waals surface area contributed by atoms with Crippen molar-refractivity contribution in [1.82, 2.24) is 0 Å². The van der Waals surface area contributed by atoms with E-state index in [4.69, 9.17) is 16.3 Å². The molecule has 0 spiro atoms. The second-order valence-electron chi connectivity index (χ2n) is 2.64. The molecule has 6 nitrogen and oxygen atoms in total. The van der Waals surface area contributed by atoms with Crippen LogP contribution in [0.25, 0.3) is 0 Å². The molecule has 18 heavy (non-hydrogen) atoms. The van der Waals surface area contributed by atoms with E-state index in [0.29, 0.717) is 19.5 Å². The normalized spacial score (nSPS) is 7.17. The molecule has 0 aromatic carbocycles. The average molecular weight is 260 g/mol. The molecule has 104 valence electrons. The van der Waals surface area contributed by atoms with Crippen molar-refractivity contribution in [3.63, 3.8) is 0 Å². The Morgan fingerprint density at radius 1 is 1.39 bits per heavy atom. The Morgan fingerprint density at radius 2 is 1.94 bits per heavy atom. The Kier molecular flexibility index (Phi) is 28.7. The van der Waals surface area contributed by atoms with Crippen LogP contribution in [0.1, 0.15) is 33.1 Å². The molecular weight excluding hydrogens is 240 g/mol. The van der Waals surface area contributed by atoms with Gasteiger partial charge in [0, 0.05) is 6.42 Å². The molecule has 0 fully saturated rings. The lowest BCUT2D eigenvalue weighted by Gasteiger charge is -1.93. The first-order chi connectivity index (χ1) is 8.64. The number of unbranched alkanes of at least 4 members (excludes halogenated alkanes) is 1. The van der Waals surface area contributed by atoms with E-state index in [9.17, 15) is 9.59 Å². The summed E-state index contributed by atoms with van der Waals surface area (Å²) in [5.74, 6) is 1.94. The van der Waals surface area contributed by atoms with Gasteiger partial charge in [-0.3, -0.25) is 14.4 Å². The molecule has 1 N–H and O–H groups in total. The predicted octanol–water partition coefficient (Wildman–Crippen LogP) is 1.23. The van der Waals surface area contributed by atoms with Gasteiger partial charge in [0.1, 0.15) is 0 Å².